The van der Waals surface area contributed by atoms with E-state index in [-0.39, 0.29) is 16.6 Å². The number of anilines is 1. The van der Waals surface area contributed by atoms with Crippen LogP contribution in [-0.2, 0) is 9.59 Å². The summed E-state index contributed by atoms with van der Waals surface area (Å²) in [7, 11) is 0. The highest BCUT2D eigenvalue weighted by molar-refractivity contribution is 7.99. The molecule has 0 fully saturated rings. The van der Waals surface area contributed by atoms with Crippen molar-refractivity contribution in [2.24, 2.45) is 0 Å². The van der Waals surface area contributed by atoms with Crippen molar-refractivity contribution in [3.8, 4) is 0 Å². The summed E-state index contributed by atoms with van der Waals surface area (Å²) in [5.74, 6) is -1.02. The Morgan fingerprint density at radius 2 is 1.96 bits per heavy atom. The van der Waals surface area contributed by atoms with E-state index in [4.69, 9.17) is 11.6 Å². The van der Waals surface area contributed by atoms with Crippen LogP contribution in [0.15, 0.2) is 23.1 Å². The number of aliphatic hydroxyl groups is 1. The van der Waals surface area contributed by atoms with Gasteiger partial charge >= 0.3 is 6.18 Å². The molecule has 1 aromatic rings. The molecule has 0 aliphatic carbocycles. The minimum Gasteiger partial charge on any atom is -0.373 e. The van der Waals surface area contributed by atoms with Gasteiger partial charge in [0.2, 0.25) is 11.5 Å². The third kappa shape index (κ3) is 6.41. The molecule has 5 nitrogen and oxygen atoms in total. The molecule has 25 heavy (non-hydrogen) atoms. The molecule has 0 heterocycles. The molecule has 140 valence electrons. The topological polar surface area (TPSA) is 78.4 Å². The molecule has 0 spiro atoms. The number of halogens is 4. The van der Waals surface area contributed by atoms with E-state index in [9.17, 15) is 27.9 Å². The lowest BCUT2D eigenvalue weighted by molar-refractivity contribution is -0.242. The minimum atomic E-state index is -5.10. The van der Waals surface area contributed by atoms with Gasteiger partial charge in [0.25, 0.3) is 5.91 Å². The number of nitrogens with one attached hydrogen (secondary N) is 2. The lowest BCUT2D eigenvalue weighted by Gasteiger charge is -2.25. The zero-order chi connectivity index (χ0) is 19.3. The van der Waals surface area contributed by atoms with Crippen molar-refractivity contribution in [2.45, 2.75) is 36.9 Å². The SMILES string of the molecule is CC(=O)NCCCSc1ccc(NC(=O)C(C)(O)C(F)(F)F)c(Cl)c1. The van der Waals surface area contributed by atoms with Crippen LogP contribution < -0.4 is 10.6 Å². The highest BCUT2D eigenvalue weighted by Gasteiger charge is 2.55. The molecule has 1 unspecified atom stereocenters. The Morgan fingerprint density at radius 3 is 2.48 bits per heavy atom. The second-order valence-electron chi connectivity index (χ2n) is 5.35. The first-order valence-electron chi connectivity index (χ1n) is 7.22. The predicted molar refractivity (Wildman–Crippen MR) is 90.8 cm³/mol. The summed E-state index contributed by atoms with van der Waals surface area (Å²) in [5, 5.41) is 14.0. The van der Waals surface area contributed by atoms with Gasteiger partial charge in [-0.05, 0) is 37.3 Å². The van der Waals surface area contributed by atoms with Crippen molar-refractivity contribution in [1.29, 1.82) is 0 Å². The largest absolute Gasteiger partial charge is 0.426 e. The van der Waals surface area contributed by atoms with E-state index in [0.717, 1.165) is 11.3 Å². The maximum Gasteiger partial charge on any atom is 0.426 e. The van der Waals surface area contributed by atoms with E-state index in [0.29, 0.717) is 19.2 Å². The summed E-state index contributed by atoms with van der Waals surface area (Å²) in [5.41, 5.74) is -3.55. The fourth-order valence-corrected chi connectivity index (χ4v) is 2.77. The van der Waals surface area contributed by atoms with Gasteiger partial charge in [-0.25, -0.2) is 0 Å². The molecule has 1 rings (SSSR count). The number of alkyl halides is 3. The van der Waals surface area contributed by atoms with Crippen LogP contribution in [0.2, 0.25) is 5.02 Å². The molecule has 0 aliphatic heterocycles. The molecule has 1 atom stereocenters. The van der Waals surface area contributed by atoms with Gasteiger partial charge in [0.1, 0.15) is 0 Å². The van der Waals surface area contributed by atoms with Crippen LogP contribution in [0, 0.1) is 0 Å². The van der Waals surface area contributed by atoms with Gasteiger partial charge in [0, 0.05) is 18.4 Å². The summed E-state index contributed by atoms with van der Waals surface area (Å²) in [6.45, 7) is 2.34. The van der Waals surface area contributed by atoms with Gasteiger partial charge in [-0.1, -0.05) is 11.6 Å². The molecule has 0 saturated carbocycles. The van der Waals surface area contributed by atoms with E-state index in [1.807, 2.05) is 5.32 Å². The first kappa shape index (κ1) is 21.6. The quantitative estimate of drug-likeness (QED) is 0.487. The monoisotopic (exact) mass is 398 g/mol. The van der Waals surface area contributed by atoms with Gasteiger partial charge in [-0.15, -0.1) is 11.8 Å². The normalized spacial score (nSPS) is 13.9. The van der Waals surface area contributed by atoms with Crippen LogP contribution in [0.3, 0.4) is 0 Å². The van der Waals surface area contributed by atoms with E-state index in [1.165, 1.54) is 30.8 Å². The van der Waals surface area contributed by atoms with Gasteiger partial charge in [0.15, 0.2) is 0 Å². The Bertz CT molecular complexity index is 639. The van der Waals surface area contributed by atoms with Crippen molar-refractivity contribution >= 4 is 40.9 Å². The number of hydrogen-bond donors (Lipinski definition) is 3. The minimum absolute atomic E-state index is 0.0289. The third-order valence-electron chi connectivity index (χ3n) is 3.15. The van der Waals surface area contributed by atoms with Crippen molar-refractivity contribution in [1.82, 2.24) is 5.32 Å². The van der Waals surface area contributed by atoms with Crippen LogP contribution in [0.25, 0.3) is 0 Å². The van der Waals surface area contributed by atoms with E-state index >= 15 is 0 Å². The van der Waals surface area contributed by atoms with Crippen LogP contribution in [0.4, 0.5) is 18.9 Å². The summed E-state index contributed by atoms with van der Waals surface area (Å²) in [4.78, 5) is 23.1. The fourth-order valence-electron chi connectivity index (χ4n) is 1.59. The third-order valence-corrected chi connectivity index (χ3v) is 4.54. The Kier molecular flexibility index (Phi) is 7.58. The Labute approximate surface area is 152 Å². The number of carbonyl (C=O) groups is 2. The standard InChI is InChI=1S/C15H18ClF3N2O3S/c1-9(22)20-6-3-7-25-10-4-5-12(11(16)8-10)21-13(23)14(2,24)15(17,18)19/h4-5,8,24H,3,6-7H2,1-2H3,(H,20,22)(H,21,23). The van der Waals surface area contributed by atoms with E-state index in [1.54, 1.807) is 6.07 Å². The lowest BCUT2D eigenvalue weighted by atomic mass is 10.1. The molecule has 10 heteroatoms. The first-order chi connectivity index (χ1) is 11.4. The number of hydrogen-bond acceptors (Lipinski definition) is 4. The van der Waals surface area contributed by atoms with Crippen LogP contribution in [0.5, 0.6) is 0 Å². The van der Waals surface area contributed by atoms with Crippen LogP contribution in [0.1, 0.15) is 20.3 Å². The van der Waals surface area contributed by atoms with Gasteiger partial charge in [0.05, 0.1) is 10.7 Å². The Hall–Kier alpha value is -1.45. The lowest BCUT2D eigenvalue weighted by Crippen LogP contribution is -2.52. The second-order valence-corrected chi connectivity index (χ2v) is 6.93. The Balaban J connectivity index is 2.64. The van der Waals surface area contributed by atoms with Crippen molar-refractivity contribution < 1.29 is 27.9 Å². The van der Waals surface area contributed by atoms with Crippen LogP contribution >= 0.6 is 23.4 Å². The van der Waals surface area contributed by atoms with E-state index < -0.39 is 17.7 Å². The molecule has 0 aromatic heterocycles. The van der Waals surface area contributed by atoms with Crippen molar-refractivity contribution in [3.05, 3.63) is 23.2 Å². The summed E-state index contributed by atoms with van der Waals surface area (Å²) >= 11 is 7.42. The van der Waals surface area contributed by atoms with Gasteiger partial charge in [-0.3, -0.25) is 9.59 Å². The van der Waals surface area contributed by atoms with Gasteiger partial charge in [-0.2, -0.15) is 13.2 Å². The number of thioether (sulfide) groups is 1. The van der Waals surface area contributed by atoms with E-state index in [2.05, 4.69) is 5.32 Å². The second kappa shape index (κ2) is 8.77. The molecule has 0 bridgehead atoms. The predicted octanol–water partition coefficient (Wildman–Crippen LogP) is 3.21. The number of rotatable bonds is 7. The number of amides is 2. The molecule has 0 aliphatic rings. The fraction of sp³-hybridized carbons (Fsp3) is 0.467. The highest BCUT2D eigenvalue weighted by Crippen LogP contribution is 2.33. The zero-order valence-electron chi connectivity index (χ0n) is 13.5. The van der Waals surface area contributed by atoms with Crippen molar-refractivity contribution in [3.63, 3.8) is 0 Å². The molecule has 0 radical (unpaired) electrons. The maximum absolute atomic E-state index is 12.6. The average Bonchev–Trinajstić information content (AvgIpc) is 2.47. The molecule has 2 amide bonds. The summed E-state index contributed by atoms with van der Waals surface area (Å²) in [6.07, 6.45) is -4.37. The molecule has 3 N–H and O–H groups in total. The maximum atomic E-state index is 12.6. The first-order valence-corrected chi connectivity index (χ1v) is 8.59. The number of benzene rings is 1. The smallest absolute Gasteiger partial charge is 0.373 e. The van der Waals surface area contributed by atoms with Crippen LogP contribution in [-0.4, -0.2) is 41.0 Å². The molecular weight excluding hydrogens is 381 g/mol. The summed E-state index contributed by atoms with van der Waals surface area (Å²) in [6, 6.07) is 4.46. The Morgan fingerprint density at radius 1 is 1.32 bits per heavy atom. The number of carbonyl (C=O) groups excluding carboxylic acids is 2. The highest BCUT2D eigenvalue weighted by atomic mass is 35.5. The van der Waals surface area contributed by atoms with Gasteiger partial charge < -0.3 is 15.7 Å². The summed E-state index contributed by atoms with van der Waals surface area (Å²) < 4.78 is 37.9. The van der Waals surface area contributed by atoms with Crippen molar-refractivity contribution in [2.75, 3.05) is 17.6 Å². The zero-order valence-corrected chi connectivity index (χ0v) is 15.1. The molecule has 0 saturated heterocycles. The average molecular weight is 399 g/mol. The molecule has 1 aromatic carbocycles. The molecular formula is C15H18ClF3N2O3S.